The standard InChI is InChI=1S/C19H18BrN3O3/c1-3-6-17-22-16-8-5-4-7-14(16)19(25)23(17)21-11-12-9-13(26-2)10-15(20)18(12)24/h4-5,7-11,24H,3,6H2,1-2H3/b21-11+. The topological polar surface area (TPSA) is 76.7 Å². The van der Waals surface area contributed by atoms with Gasteiger partial charge in [0.05, 0.1) is 28.7 Å². The summed E-state index contributed by atoms with van der Waals surface area (Å²) >= 11 is 3.28. The van der Waals surface area contributed by atoms with Gasteiger partial charge in [-0.1, -0.05) is 19.1 Å². The first-order valence-electron chi connectivity index (χ1n) is 8.16. The molecule has 3 aromatic rings. The van der Waals surface area contributed by atoms with Crippen LogP contribution in [0.5, 0.6) is 11.5 Å². The van der Waals surface area contributed by atoms with Crippen molar-refractivity contribution >= 4 is 33.0 Å². The number of nitrogens with zero attached hydrogens (tertiary/aromatic N) is 3. The number of halogens is 1. The molecule has 1 heterocycles. The number of para-hydroxylation sites is 1. The van der Waals surface area contributed by atoms with Crippen LogP contribution in [-0.2, 0) is 6.42 Å². The highest BCUT2D eigenvalue weighted by molar-refractivity contribution is 9.10. The van der Waals surface area contributed by atoms with E-state index >= 15 is 0 Å². The minimum Gasteiger partial charge on any atom is -0.506 e. The zero-order chi connectivity index (χ0) is 18.7. The Bertz CT molecular complexity index is 1040. The van der Waals surface area contributed by atoms with E-state index in [9.17, 15) is 9.90 Å². The van der Waals surface area contributed by atoms with Crippen molar-refractivity contribution in [2.45, 2.75) is 19.8 Å². The summed E-state index contributed by atoms with van der Waals surface area (Å²) in [7, 11) is 1.54. The van der Waals surface area contributed by atoms with Gasteiger partial charge in [0.1, 0.15) is 17.3 Å². The van der Waals surface area contributed by atoms with Crippen LogP contribution >= 0.6 is 15.9 Å². The molecule has 6 nitrogen and oxygen atoms in total. The Hall–Kier alpha value is -2.67. The number of ether oxygens (including phenoxy) is 1. The molecule has 134 valence electrons. The number of methoxy groups -OCH3 is 1. The molecule has 0 saturated heterocycles. The average Bonchev–Trinajstić information content (AvgIpc) is 2.64. The van der Waals surface area contributed by atoms with Crippen molar-refractivity contribution in [3.05, 3.63) is 62.6 Å². The molecule has 2 aromatic carbocycles. The summed E-state index contributed by atoms with van der Waals surface area (Å²) in [5.41, 5.74) is 0.842. The Kier molecular flexibility index (Phi) is 5.37. The Morgan fingerprint density at radius 1 is 1.35 bits per heavy atom. The minimum absolute atomic E-state index is 0.0217. The first kappa shape index (κ1) is 18.1. The molecule has 1 N–H and O–H groups in total. The lowest BCUT2D eigenvalue weighted by Gasteiger charge is -2.09. The van der Waals surface area contributed by atoms with E-state index in [-0.39, 0.29) is 11.3 Å². The number of aryl methyl sites for hydroxylation is 1. The predicted molar refractivity (Wildman–Crippen MR) is 105 cm³/mol. The summed E-state index contributed by atoms with van der Waals surface area (Å²) in [6.07, 6.45) is 2.88. The maximum absolute atomic E-state index is 12.8. The molecule has 0 unspecified atom stereocenters. The number of hydrogen-bond acceptors (Lipinski definition) is 5. The van der Waals surface area contributed by atoms with Crippen LogP contribution in [0.4, 0.5) is 0 Å². The largest absolute Gasteiger partial charge is 0.506 e. The fourth-order valence-corrected chi connectivity index (χ4v) is 3.06. The van der Waals surface area contributed by atoms with Gasteiger partial charge in [0.25, 0.3) is 5.56 Å². The van der Waals surface area contributed by atoms with E-state index < -0.39 is 0 Å². The monoisotopic (exact) mass is 415 g/mol. The van der Waals surface area contributed by atoms with Crippen LogP contribution in [0.3, 0.4) is 0 Å². The smallest absolute Gasteiger partial charge is 0.282 e. The van der Waals surface area contributed by atoms with E-state index in [1.165, 1.54) is 18.0 Å². The number of aromatic nitrogens is 2. The van der Waals surface area contributed by atoms with Gasteiger partial charge in [0.2, 0.25) is 0 Å². The fraction of sp³-hybridized carbons (Fsp3) is 0.211. The maximum atomic E-state index is 12.8. The first-order chi connectivity index (χ1) is 12.5. The molecule has 0 fully saturated rings. The molecule has 3 rings (SSSR count). The van der Waals surface area contributed by atoms with E-state index in [0.717, 1.165) is 6.42 Å². The fourth-order valence-electron chi connectivity index (χ4n) is 2.60. The SMILES string of the molecule is CCCc1nc2ccccc2c(=O)n1/N=C/c1cc(OC)cc(Br)c1O. The predicted octanol–water partition coefficient (Wildman–Crippen LogP) is 3.71. The van der Waals surface area contributed by atoms with E-state index in [0.29, 0.717) is 38.9 Å². The zero-order valence-electron chi connectivity index (χ0n) is 14.4. The van der Waals surface area contributed by atoms with E-state index in [1.807, 2.05) is 19.1 Å². The third-order valence-electron chi connectivity index (χ3n) is 3.91. The molecule has 0 aliphatic heterocycles. The van der Waals surface area contributed by atoms with Gasteiger partial charge in [-0.2, -0.15) is 9.78 Å². The molecule has 26 heavy (non-hydrogen) atoms. The number of hydrogen-bond donors (Lipinski definition) is 1. The second-order valence-corrected chi connectivity index (χ2v) is 6.56. The van der Waals surface area contributed by atoms with Crippen LogP contribution in [0.1, 0.15) is 24.7 Å². The summed E-state index contributed by atoms with van der Waals surface area (Å²) in [5.74, 6) is 1.16. The summed E-state index contributed by atoms with van der Waals surface area (Å²) in [6.45, 7) is 2.01. The van der Waals surface area contributed by atoms with Gasteiger partial charge < -0.3 is 9.84 Å². The molecular weight excluding hydrogens is 398 g/mol. The van der Waals surface area contributed by atoms with Crippen molar-refractivity contribution in [2.24, 2.45) is 5.10 Å². The minimum atomic E-state index is -0.239. The average molecular weight is 416 g/mol. The number of rotatable bonds is 5. The van der Waals surface area contributed by atoms with Crippen LogP contribution in [0.15, 0.2) is 50.8 Å². The Labute approximate surface area is 158 Å². The third kappa shape index (κ3) is 3.48. The Morgan fingerprint density at radius 3 is 2.85 bits per heavy atom. The molecule has 0 bridgehead atoms. The van der Waals surface area contributed by atoms with Crippen molar-refractivity contribution in [1.29, 1.82) is 0 Å². The molecular formula is C19H18BrN3O3. The van der Waals surface area contributed by atoms with Crippen LogP contribution in [0.2, 0.25) is 0 Å². The summed E-state index contributed by atoms with van der Waals surface area (Å²) in [6, 6.07) is 10.5. The number of phenolic OH excluding ortho intramolecular Hbond substituents is 1. The van der Waals surface area contributed by atoms with Gasteiger partial charge in [-0.25, -0.2) is 4.98 Å². The second-order valence-electron chi connectivity index (χ2n) is 5.70. The number of phenols is 1. The van der Waals surface area contributed by atoms with Crippen molar-refractivity contribution in [3.8, 4) is 11.5 Å². The van der Waals surface area contributed by atoms with E-state index in [4.69, 9.17) is 4.74 Å². The summed E-state index contributed by atoms with van der Waals surface area (Å²) in [5, 5.41) is 15.0. The lowest BCUT2D eigenvalue weighted by atomic mass is 10.2. The molecule has 0 aliphatic carbocycles. The van der Waals surface area contributed by atoms with E-state index in [2.05, 4.69) is 26.0 Å². The lowest BCUT2D eigenvalue weighted by Crippen LogP contribution is -2.22. The third-order valence-corrected chi connectivity index (χ3v) is 4.51. The number of benzene rings is 2. The van der Waals surface area contributed by atoms with Crippen LogP contribution in [0.25, 0.3) is 10.9 Å². The Balaban J connectivity index is 2.15. The van der Waals surface area contributed by atoms with Gasteiger partial charge in [-0.05, 0) is 46.6 Å². The van der Waals surface area contributed by atoms with Gasteiger partial charge in [0.15, 0.2) is 0 Å². The van der Waals surface area contributed by atoms with Crippen LogP contribution < -0.4 is 10.3 Å². The molecule has 1 aromatic heterocycles. The molecule has 0 saturated carbocycles. The van der Waals surface area contributed by atoms with Crippen LogP contribution in [-0.4, -0.2) is 28.1 Å². The molecule has 0 amide bonds. The van der Waals surface area contributed by atoms with Crippen molar-refractivity contribution in [2.75, 3.05) is 7.11 Å². The molecule has 0 aliphatic rings. The van der Waals surface area contributed by atoms with Crippen molar-refractivity contribution in [1.82, 2.24) is 9.66 Å². The molecule has 0 radical (unpaired) electrons. The van der Waals surface area contributed by atoms with Crippen LogP contribution in [0, 0.1) is 0 Å². The highest BCUT2D eigenvalue weighted by Gasteiger charge is 2.11. The normalized spacial score (nSPS) is 11.3. The number of aromatic hydroxyl groups is 1. The molecule has 7 heteroatoms. The molecule has 0 atom stereocenters. The number of fused-ring (bicyclic) bond motifs is 1. The maximum Gasteiger partial charge on any atom is 0.282 e. The summed E-state index contributed by atoms with van der Waals surface area (Å²) < 4.78 is 6.98. The second kappa shape index (κ2) is 7.70. The quantitative estimate of drug-likeness (QED) is 0.644. The Morgan fingerprint density at radius 2 is 2.12 bits per heavy atom. The van der Waals surface area contributed by atoms with Crippen molar-refractivity contribution < 1.29 is 9.84 Å². The molecule has 0 spiro atoms. The highest BCUT2D eigenvalue weighted by Crippen LogP contribution is 2.31. The highest BCUT2D eigenvalue weighted by atomic mass is 79.9. The van der Waals surface area contributed by atoms with Crippen molar-refractivity contribution in [3.63, 3.8) is 0 Å². The van der Waals surface area contributed by atoms with Gasteiger partial charge in [0, 0.05) is 12.0 Å². The van der Waals surface area contributed by atoms with Gasteiger partial charge in [-0.15, -0.1) is 0 Å². The zero-order valence-corrected chi connectivity index (χ0v) is 16.0. The summed E-state index contributed by atoms with van der Waals surface area (Å²) in [4.78, 5) is 17.4. The first-order valence-corrected chi connectivity index (χ1v) is 8.96. The lowest BCUT2D eigenvalue weighted by molar-refractivity contribution is 0.411. The van der Waals surface area contributed by atoms with Gasteiger partial charge >= 0.3 is 0 Å². The van der Waals surface area contributed by atoms with E-state index in [1.54, 1.807) is 24.3 Å². The van der Waals surface area contributed by atoms with Gasteiger partial charge in [-0.3, -0.25) is 4.79 Å².